The summed E-state index contributed by atoms with van der Waals surface area (Å²) in [5, 5.41) is 2.97. The summed E-state index contributed by atoms with van der Waals surface area (Å²) in [6.45, 7) is 3.18. The van der Waals surface area contributed by atoms with Gasteiger partial charge in [0.1, 0.15) is 0 Å². The van der Waals surface area contributed by atoms with E-state index in [9.17, 15) is 9.59 Å². The minimum Gasteiger partial charge on any atom is -0.462 e. The topological polar surface area (TPSA) is 81.4 Å². The van der Waals surface area contributed by atoms with Gasteiger partial charge in [-0.2, -0.15) is 0 Å². The second kappa shape index (κ2) is 9.53. The lowest BCUT2D eigenvalue weighted by Gasteiger charge is -2.17. The number of nitrogens with one attached hydrogen (secondary N) is 1. The van der Waals surface area contributed by atoms with E-state index in [1.54, 1.807) is 19.1 Å². The van der Waals surface area contributed by atoms with E-state index in [0.717, 1.165) is 24.8 Å². The Morgan fingerprint density at radius 2 is 1.96 bits per heavy atom. The van der Waals surface area contributed by atoms with Gasteiger partial charge in [-0.25, -0.2) is 4.79 Å². The van der Waals surface area contributed by atoms with E-state index in [-0.39, 0.29) is 30.2 Å². The Balaban J connectivity index is 0.00000264. The molecule has 1 amide bonds. The minimum absolute atomic E-state index is 0. The first kappa shape index (κ1) is 19.5. The lowest BCUT2D eigenvalue weighted by Crippen LogP contribution is -2.34. The molecule has 0 bridgehead atoms. The molecule has 1 aromatic rings. The number of carbonyl (C=O) groups is 2. The van der Waals surface area contributed by atoms with E-state index in [1.165, 1.54) is 0 Å². The molecule has 128 valence electrons. The van der Waals surface area contributed by atoms with Crippen LogP contribution in [0.4, 0.5) is 0 Å². The number of benzene rings is 1. The molecule has 1 aliphatic carbocycles. The van der Waals surface area contributed by atoms with Crippen molar-refractivity contribution in [2.45, 2.75) is 32.7 Å². The first-order valence-electron chi connectivity index (χ1n) is 7.89. The third kappa shape index (κ3) is 5.22. The maximum absolute atomic E-state index is 12.2. The molecule has 0 spiro atoms. The van der Waals surface area contributed by atoms with E-state index in [4.69, 9.17) is 10.5 Å². The Morgan fingerprint density at radius 1 is 1.26 bits per heavy atom. The predicted molar refractivity (Wildman–Crippen MR) is 91.4 cm³/mol. The molecule has 1 aliphatic rings. The number of esters is 1. The number of rotatable bonds is 6. The van der Waals surface area contributed by atoms with Crippen LogP contribution in [0.5, 0.6) is 0 Å². The van der Waals surface area contributed by atoms with Gasteiger partial charge in [-0.15, -0.1) is 12.4 Å². The Kier molecular flexibility index (Phi) is 8.06. The normalized spacial score (nSPS) is 19.7. The van der Waals surface area contributed by atoms with Gasteiger partial charge in [0, 0.05) is 12.5 Å². The summed E-state index contributed by atoms with van der Waals surface area (Å²) in [5.74, 6) is 0.118. The van der Waals surface area contributed by atoms with Crippen LogP contribution in [0.2, 0.25) is 0 Å². The van der Waals surface area contributed by atoms with Gasteiger partial charge in [0.25, 0.3) is 0 Å². The maximum Gasteiger partial charge on any atom is 0.338 e. The van der Waals surface area contributed by atoms with Crippen molar-refractivity contribution in [3.8, 4) is 0 Å². The van der Waals surface area contributed by atoms with Gasteiger partial charge < -0.3 is 15.8 Å². The highest BCUT2D eigenvalue weighted by Crippen LogP contribution is 2.30. The summed E-state index contributed by atoms with van der Waals surface area (Å²) in [6, 6.07) is 7.11. The second-order valence-electron chi connectivity index (χ2n) is 5.67. The Bertz CT molecular complexity index is 519. The summed E-state index contributed by atoms with van der Waals surface area (Å²) < 4.78 is 4.94. The average Bonchev–Trinajstić information content (AvgIpc) is 3.02. The molecular weight excluding hydrogens is 316 g/mol. The van der Waals surface area contributed by atoms with E-state index in [1.807, 2.05) is 12.1 Å². The molecule has 0 aliphatic heterocycles. The van der Waals surface area contributed by atoms with Crippen LogP contribution in [0, 0.1) is 11.8 Å². The fourth-order valence-electron chi connectivity index (χ4n) is 2.96. The SMILES string of the molecule is CCOC(=O)c1ccc(CNC(=O)[C@@H]2CCC[C@@H]2CN)cc1.Cl. The van der Waals surface area contributed by atoms with Crippen LogP contribution in [-0.4, -0.2) is 25.0 Å². The van der Waals surface area contributed by atoms with Crippen molar-refractivity contribution in [2.24, 2.45) is 17.6 Å². The Labute approximate surface area is 143 Å². The molecule has 2 rings (SSSR count). The molecule has 1 fully saturated rings. The third-order valence-electron chi connectivity index (χ3n) is 4.23. The molecule has 0 heterocycles. The van der Waals surface area contributed by atoms with Crippen LogP contribution in [0.1, 0.15) is 42.1 Å². The Morgan fingerprint density at radius 3 is 2.57 bits per heavy atom. The zero-order valence-corrected chi connectivity index (χ0v) is 14.2. The van der Waals surface area contributed by atoms with Gasteiger partial charge >= 0.3 is 5.97 Å². The molecule has 6 heteroatoms. The quantitative estimate of drug-likeness (QED) is 0.778. The summed E-state index contributed by atoms with van der Waals surface area (Å²) in [6.07, 6.45) is 3.05. The van der Waals surface area contributed by atoms with Gasteiger partial charge in [-0.1, -0.05) is 18.6 Å². The first-order chi connectivity index (χ1) is 10.7. The third-order valence-corrected chi connectivity index (χ3v) is 4.23. The number of carbonyl (C=O) groups excluding carboxylic acids is 2. The highest BCUT2D eigenvalue weighted by Gasteiger charge is 2.31. The molecule has 1 aromatic carbocycles. The molecular formula is C17H25ClN2O3. The van der Waals surface area contributed by atoms with Crippen LogP contribution in [0.3, 0.4) is 0 Å². The Hall–Kier alpha value is -1.59. The zero-order chi connectivity index (χ0) is 15.9. The molecule has 3 N–H and O–H groups in total. The highest BCUT2D eigenvalue weighted by atomic mass is 35.5. The van der Waals surface area contributed by atoms with Crippen LogP contribution in [0.25, 0.3) is 0 Å². The maximum atomic E-state index is 12.2. The fourth-order valence-corrected chi connectivity index (χ4v) is 2.96. The monoisotopic (exact) mass is 340 g/mol. The summed E-state index contributed by atoms with van der Waals surface area (Å²) >= 11 is 0. The van der Waals surface area contributed by atoms with Crippen LogP contribution < -0.4 is 11.1 Å². The lowest BCUT2D eigenvalue weighted by molar-refractivity contribution is -0.126. The van der Waals surface area contributed by atoms with Crippen molar-refractivity contribution in [1.29, 1.82) is 0 Å². The summed E-state index contributed by atoms with van der Waals surface area (Å²) in [5.41, 5.74) is 7.20. The van der Waals surface area contributed by atoms with Gasteiger partial charge in [-0.3, -0.25) is 4.79 Å². The summed E-state index contributed by atoms with van der Waals surface area (Å²) in [4.78, 5) is 23.8. The van der Waals surface area contributed by atoms with E-state index >= 15 is 0 Å². The van der Waals surface area contributed by atoms with Gasteiger partial charge in [0.2, 0.25) is 5.91 Å². The minimum atomic E-state index is -0.324. The zero-order valence-electron chi connectivity index (χ0n) is 13.4. The van der Waals surface area contributed by atoms with Gasteiger partial charge in [-0.05, 0) is 49.9 Å². The number of hydrogen-bond donors (Lipinski definition) is 2. The largest absolute Gasteiger partial charge is 0.462 e. The first-order valence-corrected chi connectivity index (χ1v) is 7.89. The summed E-state index contributed by atoms with van der Waals surface area (Å²) in [7, 11) is 0. The molecule has 1 saturated carbocycles. The number of hydrogen-bond acceptors (Lipinski definition) is 4. The molecule has 0 unspecified atom stereocenters. The molecule has 0 saturated heterocycles. The van der Waals surface area contributed by atoms with Crippen LogP contribution in [0.15, 0.2) is 24.3 Å². The number of nitrogens with two attached hydrogens (primary N) is 1. The van der Waals surface area contributed by atoms with Crippen molar-refractivity contribution < 1.29 is 14.3 Å². The average molecular weight is 341 g/mol. The predicted octanol–water partition coefficient (Wildman–Crippen LogP) is 2.28. The molecule has 2 atom stereocenters. The number of amides is 1. The molecule has 5 nitrogen and oxygen atoms in total. The number of ether oxygens (including phenoxy) is 1. The van der Waals surface area contributed by atoms with Crippen molar-refractivity contribution in [3.63, 3.8) is 0 Å². The highest BCUT2D eigenvalue weighted by molar-refractivity contribution is 5.89. The van der Waals surface area contributed by atoms with E-state index in [0.29, 0.717) is 31.2 Å². The molecule has 23 heavy (non-hydrogen) atoms. The lowest BCUT2D eigenvalue weighted by atomic mass is 9.95. The molecule has 0 radical (unpaired) electrons. The van der Waals surface area contributed by atoms with Crippen LogP contribution >= 0.6 is 12.4 Å². The van der Waals surface area contributed by atoms with Crippen molar-refractivity contribution in [1.82, 2.24) is 5.32 Å². The van der Waals surface area contributed by atoms with E-state index in [2.05, 4.69) is 5.32 Å². The standard InChI is InChI=1S/C17H24N2O3.ClH/c1-2-22-17(21)13-8-6-12(7-9-13)11-19-16(20)15-5-3-4-14(15)10-18;/h6-9,14-15H,2-5,10-11,18H2,1H3,(H,19,20);1H/t14-,15-;/m1./s1. The molecule has 0 aromatic heterocycles. The number of halogens is 1. The second-order valence-corrected chi connectivity index (χ2v) is 5.67. The van der Waals surface area contributed by atoms with Crippen molar-refractivity contribution >= 4 is 24.3 Å². The smallest absolute Gasteiger partial charge is 0.338 e. The van der Waals surface area contributed by atoms with Crippen molar-refractivity contribution in [3.05, 3.63) is 35.4 Å². The fraction of sp³-hybridized carbons (Fsp3) is 0.529. The van der Waals surface area contributed by atoms with Gasteiger partial charge in [0.15, 0.2) is 0 Å². The van der Waals surface area contributed by atoms with Crippen molar-refractivity contribution in [2.75, 3.05) is 13.2 Å². The van der Waals surface area contributed by atoms with E-state index < -0.39 is 0 Å². The van der Waals surface area contributed by atoms with Crippen LogP contribution in [-0.2, 0) is 16.1 Å². The van der Waals surface area contributed by atoms with Gasteiger partial charge in [0.05, 0.1) is 12.2 Å².